The maximum absolute atomic E-state index is 5.84. The third-order valence-electron chi connectivity index (χ3n) is 2.92. The van der Waals surface area contributed by atoms with Crippen molar-refractivity contribution in [3.8, 4) is 0 Å². The number of nitrogens with zero attached hydrogens (tertiary/aromatic N) is 3. The van der Waals surface area contributed by atoms with Gasteiger partial charge in [0.1, 0.15) is 5.82 Å². The molecule has 0 atom stereocenters. The molecule has 0 bridgehead atoms. The number of aromatic nitrogens is 2. The van der Waals surface area contributed by atoms with E-state index in [0.29, 0.717) is 5.88 Å². The fourth-order valence-corrected chi connectivity index (χ4v) is 2.64. The second-order valence-electron chi connectivity index (χ2n) is 4.22. The van der Waals surface area contributed by atoms with Gasteiger partial charge in [0.2, 0.25) is 0 Å². The molecule has 0 fully saturated rings. The van der Waals surface area contributed by atoms with E-state index < -0.39 is 0 Å². The Morgan fingerprint density at radius 2 is 2.22 bits per heavy atom. The highest BCUT2D eigenvalue weighted by atomic mass is 79.9. The van der Waals surface area contributed by atoms with Crippen molar-refractivity contribution in [1.29, 1.82) is 0 Å². The standard InChI is InChI=1S/C13H15BrClN3/c1-17-6-5-16-13(17)9-18(2)11-4-3-10(8-15)12(14)7-11/h3-7H,8-9H2,1-2H3. The first kappa shape index (κ1) is 13.4. The number of rotatable bonds is 4. The molecule has 0 aliphatic heterocycles. The van der Waals surface area contributed by atoms with Gasteiger partial charge in [0.15, 0.2) is 0 Å². The highest BCUT2D eigenvalue weighted by Gasteiger charge is 2.07. The Labute approximate surface area is 121 Å². The number of aryl methyl sites for hydroxylation is 1. The normalized spacial score (nSPS) is 10.7. The van der Waals surface area contributed by atoms with E-state index in [1.165, 1.54) is 0 Å². The predicted molar refractivity (Wildman–Crippen MR) is 79.0 cm³/mol. The Hall–Kier alpha value is -1.000. The van der Waals surface area contributed by atoms with Crippen molar-refractivity contribution in [3.63, 3.8) is 0 Å². The molecule has 2 rings (SSSR count). The minimum Gasteiger partial charge on any atom is -0.367 e. The van der Waals surface area contributed by atoms with Crippen LogP contribution in [0.4, 0.5) is 5.69 Å². The van der Waals surface area contributed by atoms with Crippen LogP contribution in [0.5, 0.6) is 0 Å². The Balaban J connectivity index is 2.16. The van der Waals surface area contributed by atoms with Crippen molar-refractivity contribution < 1.29 is 0 Å². The first-order valence-electron chi connectivity index (χ1n) is 5.63. The highest BCUT2D eigenvalue weighted by molar-refractivity contribution is 9.10. The maximum Gasteiger partial charge on any atom is 0.127 e. The summed E-state index contributed by atoms with van der Waals surface area (Å²) in [5.41, 5.74) is 2.24. The smallest absolute Gasteiger partial charge is 0.127 e. The van der Waals surface area contributed by atoms with Gasteiger partial charge in [-0.1, -0.05) is 22.0 Å². The van der Waals surface area contributed by atoms with Crippen molar-refractivity contribution in [2.24, 2.45) is 7.05 Å². The number of hydrogen-bond acceptors (Lipinski definition) is 2. The SMILES string of the molecule is CN(Cc1nccn1C)c1ccc(CCl)c(Br)c1. The Bertz CT molecular complexity index is 539. The van der Waals surface area contributed by atoms with Crippen LogP contribution in [-0.4, -0.2) is 16.6 Å². The fourth-order valence-electron chi connectivity index (χ4n) is 1.73. The Morgan fingerprint density at radius 1 is 1.44 bits per heavy atom. The molecule has 96 valence electrons. The molecule has 0 aliphatic carbocycles. The number of alkyl halides is 1. The zero-order valence-corrected chi connectivity index (χ0v) is 12.7. The van der Waals surface area contributed by atoms with Crippen molar-refractivity contribution >= 4 is 33.2 Å². The number of hydrogen-bond donors (Lipinski definition) is 0. The molecule has 0 saturated heterocycles. The van der Waals surface area contributed by atoms with Crippen LogP contribution < -0.4 is 4.90 Å². The van der Waals surface area contributed by atoms with Gasteiger partial charge in [-0.2, -0.15) is 0 Å². The molecule has 1 aromatic heterocycles. The third kappa shape index (κ3) is 2.87. The van der Waals surface area contributed by atoms with Gasteiger partial charge < -0.3 is 9.47 Å². The molecule has 18 heavy (non-hydrogen) atoms. The second kappa shape index (κ2) is 5.76. The molecule has 0 aliphatic rings. The average Bonchev–Trinajstić information content (AvgIpc) is 2.75. The summed E-state index contributed by atoms with van der Waals surface area (Å²) in [7, 11) is 4.06. The molecule has 0 spiro atoms. The molecule has 3 nitrogen and oxygen atoms in total. The van der Waals surface area contributed by atoms with Gasteiger partial charge in [0, 0.05) is 42.5 Å². The van der Waals surface area contributed by atoms with Crippen molar-refractivity contribution in [2.45, 2.75) is 12.4 Å². The van der Waals surface area contributed by atoms with Crippen LogP contribution in [0.15, 0.2) is 35.1 Å². The molecule has 0 radical (unpaired) electrons. The predicted octanol–water partition coefficient (Wildman–Crippen LogP) is 3.56. The van der Waals surface area contributed by atoms with Gasteiger partial charge in [-0.25, -0.2) is 4.98 Å². The van der Waals surface area contributed by atoms with Gasteiger partial charge in [0.25, 0.3) is 0 Å². The van der Waals surface area contributed by atoms with E-state index in [4.69, 9.17) is 11.6 Å². The number of halogens is 2. The molecule has 0 saturated carbocycles. The largest absolute Gasteiger partial charge is 0.367 e. The minimum absolute atomic E-state index is 0.518. The van der Waals surface area contributed by atoms with E-state index in [0.717, 1.165) is 28.1 Å². The number of imidazole rings is 1. The lowest BCUT2D eigenvalue weighted by molar-refractivity contribution is 0.761. The molecular weight excluding hydrogens is 314 g/mol. The average molecular weight is 329 g/mol. The summed E-state index contributed by atoms with van der Waals surface area (Å²) >= 11 is 9.38. The van der Waals surface area contributed by atoms with E-state index in [-0.39, 0.29) is 0 Å². The summed E-state index contributed by atoms with van der Waals surface area (Å²) in [6.45, 7) is 0.774. The van der Waals surface area contributed by atoms with Gasteiger partial charge in [-0.3, -0.25) is 0 Å². The first-order valence-corrected chi connectivity index (χ1v) is 6.96. The zero-order valence-electron chi connectivity index (χ0n) is 10.4. The lowest BCUT2D eigenvalue weighted by Gasteiger charge is -2.19. The molecule has 1 heterocycles. The minimum atomic E-state index is 0.518. The van der Waals surface area contributed by atoms with Crippen LogP contribution in [-0.2, 0) is 19.5 Å². The number of anilines is 1. The van der Waals surface area contributed by atoms with Crippen LogP contribution in [0.1, 0.15) is 11.4 Å². The van der Waals surface area contributed by atoms with Crippen molar-refractivity contribution in [2.75, 3.05) is 11.9 Å². The number of benzene rings is 1. The molecule has 5 heteroatoms. The molecule has 1 aromatic carbocycles. The quantitative estimate of drug-likeness (QED) is 0.800. The van der Waals surface area contributed by atoms with E-state index >= 15 is 0 Å². The molecule has 2 aromatic rings. The molecular formula is C13H15BrClN3. The van der Waals surface area contributed by atoms with Gasteiger partial charge in [0.05, 0.1) is 6.54 Å². The lowest BCUT2D eigenvalue weighted by atomic mass is 10.2. The third-order valence-corrected chi connectivity index (χ3v) is 3.95. The Morgan fingerprint density at radius 3 is 2.78 bits per heavy atom. The lowest BCUT2D eigenvalue weighted by Crippen LogP contribution is -2.19. The summed E-state index contributed by atoms with van der Waals surface area (Å²) in [5.74, 6) is 1.55. The zero-order chi connectivity index (χ0) is 13.1. The van der Waals surface area contributed by atoms with E-state index in [9.17, 15) is 0 Å². The topological polar surface area (TPSA) is 21.1 Å². The molecule has 0 unspecified atom stereocenters. The second-order valence-corrected chi connectivity index (χ2v) is 5.34. The summed E-state index contributed by atoms with van der Waals surface area (Å²) in [6, 6.07) is 6.20. The monoisotopic (exact) mass is 327 g/mol. The van der Waals surface area contributed by atoms with E-state index in [1.54, 1.807) is 0 Å². The van der Waals surface area contributed by atoms with Crippen molar-refractivity contribution in [3.05, 3.63) is 46.5 Å². The van der Waals surface area contributed by atoms with Gasteiger partial charge >= 0.3 is 0 Å². The molecule has 0 N–H and O–H groups in total. The van der Waals surface area contributed by atoms with Crippen LogP contribution in [0.2, 0.25) is 0 Å². The summed E-state index contributed by atoms with van der Waals surface area (Å²) in [6.07, 6.45) is 3.77. The van der Waals surface area contributed by atoms with Crippen LogP contribution >= 0.6 is 27.5 Å². The Kier molecular flexibility index (Phi) is 4.30. The van der Waals surface area contributed by atoms with Crippen LogP contribution in [0, 0.1) is 0 Å². The maximum atomic E-state index is 5.84. The van der Waals surface area contributed by atoms with Gasteiger partial charge in [-0.15, -0.1) is 11.6 Å². The fraction of sp³-hybridized carbons (Fsp3) is 0.308. The summed E-state index contributed by atoms with van der Waals surface area (Å²) in [4.78, 5) is 6.48. The summed E-state index contributed by atoms with van der Waals surface area (Å²) in [5, 5.41) is 0. The van der Waals surface area contributed by atoms with E-state index in [2.05, 4.69) is 45.0 Å². The van der Waals surface area contributed by atoms with Crippen molar-refractivity contribution in [1.82, 2.24) is 9.55 Å². The van der Waals surface area contributed by atoms with Crippen LogP contribution in [0.25, 0.3) is 0 Å². The highest BCUT2D eigenvalue weighted by Crippen LogP contribution is 2.25. The molecule has 0 amide bonds. The van der Waals surface area contributed by atoms with Crippen LogP contribution in [0.3, 0.4) is 0 Å². The first-order chi connectivity index (χ1) is 8.61. The van der Waals surface area contributed by atoms with E-state index in [1.807, 2.05) is 30.1 Å². The summed E-state index contributed by atoms with van der Waals surface area (Å²) < 4.78 is 3.07. The van der Waals surface area contributed by atoms with Gasteiger partial charge in [-0.05, 0) is 17.7 Å².